The molecule has 2 aromatic rings. The first-order chi connectivity index (χ1) is 9.99. The largest absolute Gasteiger partial charge is 0.444 e. The number of nitrogens with one attached hydrogen (secondary N) is 1. The van der Waals surface area contributed by atoms with Crippen LogP contribution in [0.25, 0.3) is 0 Å². The van der Waals surface area contributed by atoms with Gasteiger partial charge in [-0.3, -0.25) is 4.79 Å². The van der Waals surface area contributed by atoms with Gasteiger partial charge in [-0.2, -0.15) is 0 Å². The molecular weight excluding hydrogens is 266 g/mol. The molecule has 3 unspecified atom stereocenters. The van der Waals surface area contributed by atoms with Crippen molar-refractivity contribution in [2.45, 2.75) is 32.9 Å². The Morgan fingerprint density at radius 3 is 2.52 bits per heavy atom. The summed E-state index contributed by atoms with van der Waals surface area (Å²) in [6.45, 7) is 5.48. The van der Waals surface area contributed by atoms with Crippen LogP contribution in [0, 0.1) is 12.8 Å². The quantitative estimate of drug-likeness (QED) is 0.885. The van der Waals surface area contributed by atoms with E-state index < -0.39 is 0 Å². The van der Waals surface area contributed by atoms with Gasteiger partial charge >= 0.3 is 0 Å². The van der Waals surface area contributed by atoms with E-state index in [0.717, 1.165) is 11.3 Å². The van der Waals surface area contributed by atoms with Gasteiger partial charge in [0.1, 0.15) is 11.8 Å². The predicted molar refractivity (Wildman–Crippen MR) is 80.3 cm³/mol. The topological polar surface area (TPSA) is 81.2 Å². The number of carbonyl (C=O) groups is 1. The fourth-order valence-electron chi connectivity index (χ4n) is 2.11. The van der Waals surface area contributed by atoms with Crippen LogP contribution in [0.5, 0.6) is 0 Å². The van der Waals surface area contributed by atoms with Crippen LogP contribution in [-0.4, -0.2) is 10.9 Å². The van der Waals surface area contributed by atoms with E-state index in [1.165, 1.54) is 0 Å². The molecule has 0 radical (unpaired) electrons. The summed E-state index contributed by atoms with van der Waals surface area (Å²) in [5, 5.41) is 2.88. The molecule has 112 valence electrons. The number of aryl methyl sites for hydroxylation is 1. The standard InChI is InChI=1S/C16H21N3O2/c1-10-9-18-16(21-10)12(3)19-15(20)11(2)14(17)13-7-5-4-6-8-13/h4-9,11-12,14H,17H2,1-3H3,(H,19,20). The Bertz CT molecular complexity index is 595. The lowest BCUT2D eigenvalue weighted by Crippen LogP contribution is -2.37. The van der Waals surface area contributed by atoms with Gasteiger partial charge in [-0.25, -0.2) is 4.98 Å². The van der Waals surface area contributed by atoms with Gasteiger partial charge in [-0.15, -0.1) is 0 Å². The summed E-state index contributed by atoms with van der Waals surface area (Å²) >= 11 is 0. The number of amides is 1. The number of hydrogen-bond acceptors (Lipinski definition) is 4. The second-order valence-electron chi connectivity index (χ2n) is 5.26. The predicted octanol–water partition coefficient (Wildman–Crippen LogP) is 2.50. The van der Waals surface area contributed by atoms with Crippen LogP contribution >= 0.6 is 0 Å². The van der Waals surface area contributed by atoms with E-state index in [4.69, 9.17) is 10.2 Å². The van der Waals surface area contributed by atoms with E-state index in [1.54, 1.807) is 6.20 Å². The maximum atomic E-state index is 12.3. The monoisotopic (exact) mass is 287 g/mol. The number of benzene rings is 1. The number of hydrogen-bond donors (Lipinski definition) is 2. The first-order valence-corrected chi connectivity index (χ1v) is 7.02. The van der Waals surface area contributed by atoms with Crippen molar-refractivity contribution in [2.75, 3.05) is 0 Å². The van der Waals surface area contributed by atoms with E-state index in [0.29, 0.717) is 5.89 Å². The van der Waals surface area contributed by atoms with Crippen LogP contribution in [-0.2, 0) is 4.79 Å². The zero-order valence-electron chi connectivity index (χ0n) is 12.5. The average molecular weight is 287 g/mol. The molecule has 21 heavy (non-hydrogen) atoms. The number of oxazole rings is 1. The average Bonchev–Trinajstić information content (AvgIpc) is 2.93. The van der Waals surface area contributed by atoms with Gasteiger partial charge < -0.3 is 15.5 Å². The lowest BCUT2D eigenvalue weighted by Gasteiger charge is -2.21. The van der Waals surface area contributed by atoms with E-state index in [-0.39, 0.29) is 23.9 Å². The second kappa shape index (κ2) is 6.54. The van der Waals surface area contributed by atoms with Gasteiger partial charge in [0.2, 0.25) is 11.8 Å². The highest BCUT2D eigenvalue weighted by molar-refractivity contribution is 5.79. The summed E-state index contributed by atoms with van der Waals surface area (Å²) in [4.78, 5) is 16.4. The molecule has 3 N–H and O–H groups in total. The molecule has 3 atom stereocenters. The molecule has 0 spiro atoms. The second-order valence-corrected chi connectivity index (χ2v) is 5.26. The highest BCUT2D eigenvalue weighted by Crippen LogP contribution is 2.20. The zero-order valence-corrected chi connectivity index (χ0v) is 12.5. The number of nitrogens with two attached hydrogens (primary N) is 1. The normalized spacial score (nSPS) is 15.2. The molecule has 1 aromatic carbocycles. The van der Waals surface area contributed by atoms with Gasteiger partial charge in [0.15, 0.2) is 0 Å². The van der Waals surface area contributed by atoms with Crippen molar-refractivity contribution in [3.8, 4) is 0 Å². The molecular formula is C16H21N3O2. The van der Waals surface area contributed by atoms with Gasteiger partial charge in [-0.05, 0) is 19.4 Å². The van der Waals surface area contributed by atoms with Crippen LogP contribution in [0.4, 0.5) is 0 Å². The van der Waals surface area contributed by atoms with Gasteiger partial charge in [0.25, 0.3) is 0 Å². The molecule has 1 heterocycles. The Morgan fingerprint density at radius 2 is 1.95 bits per heavy atom. The minimum Gasteiger partial charge on any atom is -0.444 e. The first-order valence-electron chi connectivity index (χ1n) is 7.02. The highest BCUT2D eigenvalue weighted by Gasteiger charge is 2.24. The Balaban J connectivity index is 1.99. The first kappa shape index (κ1) is 15.3. The molecule has 0 bridgehead atoms. The van der Waals surface area contributed by atoms with E-state index in [2.05, 4.69) is 10.3 Å². The van der Waals surface area contributed by atoms with E-state index in [9.17, 15) is 4.79 Å². The summed E-state index contributed by atoms with van der Waals surface area (Å²) in [5.41, 5.74) is 7.10. The lowest BCUT2D eigenvalue weighted by molar-refractivity contribution is -0.126. The zero-order chi connectivity index (χ0) is 15.4. The number of carbonyl (C=O) groups excluding carboxylic acids is 1. The fraction of sp³-hybridized carbons (Fsp3) is 0.375. The van der Waals surface area contributed by atoms with Crippen molar-refractivity contribution in [1.82, 2.24) is 10.3 Å². The molecule has 5 nitrogen and oxygen atoms in total. The summed E-state index contributed by atoms with van der Waals surface area (Å²) in [6, 6.07) is 8.98. The van der Waals surface area contributed by atoms with Crippen molar-refractivity contribution < 1.29 is 9.21 Å². The maximum Gasteiger partial charge on any atom is 0.225 e. The number of rotatable bonds is 5. The Kier molecular flexibility index (Phi) is 4.75. The molecule has 0 saturated heterocycles. The van der Waals surface area contributed by atoms with Crippen LogP contribution in [0.1, 0.15) is 43.1 Å². The third kappa shape index (κ3) is 3.70. The van der Waals surface area contributed by atoms with Crippen molar-refractivity contribution >= 4 is 5.91 Å². The summed E-state index contributed by atoms with van der Waals surface area (Å²) in [7, 11) is 0. The molecule has 1 aromatic heterocycles. The smallest absolute Gasteiger partial charge is 0.225 e. The molecule has 2 rings (SSSR count). The van der Waals surface area contributed by atoms with Crippen molar-refractivity contribution in [3.05, 3.63) is 53.7 Å². The van der Waals surface area contributed by atoms with E-state index in [1.807, 2.05) is 51.1 Å². The Morgan fingerprint density at radius 1 is 1.29 bits per heavy atom. The summed E-state index contributed by atoms with van der Waals surface area (Å²) < 4.78 is 5.41. The highest BCUT2D eigenvalue weighted by atomic mass is 16.4. The lowest BCUT2D eigenvalue weighted by atomic mass is 9.94. The minimum absolute atomic E-state index is 0.116. The number of aromatic nitrogens is 1. The van der Waals surface area contributed by atoms with Crippen LogP contribution in [0.15, 0.2) is 40.9 Å². The van der Waals surface area contributed by atoms with Crippen molar-refractivity contribution in [2.24, 2.45) is 11.7 Å². The molecule has 0 fully saturated rings. The third-order valence-electron chi connectivity index (χ3n) is 3.51. The molecule has 0 aliphatic carbocycles. The van der Waals surface area contributed by atoms with Crippen LogP contribution in [0.3, 0.4) is 0 Å². The third-order valence-corrected chi connectivity index (χ3v) is 3.51. The summed E-state index contributed by atoms with van der Waals surface area (Å²) in [6.07, 6.45) is 1.64. The van der Waals surface area contributed by atoms with Crippen molar-refractivity contribution in [3.63, 3.8) is 0 Å². The fourth-order valence-corrected chi connectivity index (χ4v) is 2.11. The van der Waals surface area contributed by atoms with Gasteiger partial charge in [0.05, 0.1) is 12.1 Å². The molecule has 5 heteroatoms. The molecule has 1 amide bonds. The van der Waals surface area contributed by atoms with Crippen LogP contribution < -0.4 is 11.1 Å². The van der Waals surface area contributed by atoms with E-state index >= 15 is 0 Å². The van der Waals surface area contributed by atoms with Crippen LogP contribution in [0.2, 0.25) is 0 Å². The Labute approximate surface area is 124 Å². The van der Waals surface area contributed by atoms with Crippen molar-refractivity contribution in [1.29, 1.82) is 0 Å². The molecule has 0 aliphatic heterocycles. The minimum atomic E-state index is -0.343. The van der Waals surface area contributed by atoms with Gasteiger partial charge in [0, 0.05) is 6.04 Å². The SMILES string of the molecule is Cc1cnc(C(C)NC(=O)C(C)C(N)c2ccccc2)o1. The summed E-state index contributed by atoms with van der Waals surface area (Å²) in [5.74, 6) is 0.766. The molecule has 0 aliphatic rings. The number of nitrogens with zero attached hydrogens (tertiary/aromatic N) is 1. The Hall–Kier alpha value is -2.14. The van der Waals surface area contributed by atoms with Gasteiger partial charge in [-0.1, -0.05) is 37.3 Å². The maximum absolute atomic E-state index is 12.3. The molecule has 0 saturated carbocycles.